The summed E-state index contributed by atoms with van der Waals surface area (Å²) in [5.74, 6) is 0. The maximum atomic E-state index is 9.88. The molecule has 11 nitrogen and oxygen atoms in total. The van der Waals surface area contributed by atoms with Crippen LogP contribution in [0.25, 0.3) is 0 Å². The Morgan fingerprint density at radius 2 is 1.17 bits per heavy atom. The smallest absolute Gasteiger partial charge is 0.179 e. The molecular weight excluding hydrogens is 314 g/mol. The van der Waals surface area contributed by atoms with Gasteiger partial charge in [-0.25, -0.2) is 0 Å². The Morgan fingerprint density at radius 3 is 1.70 bits per heavy atom. The number of aliphatic hydroxyl groups is 5. The predicted molar refractivity (Wildman–Crippen MR) is 74.5 cm³/mol. The van der Waals surface area contributed by atoms with E-state index in [1.807, 2.05) is 0 Å². The van der Waals surface area contributed by atoms with Crippen molar-refractivity contribution in [3.8, 4) is 0 Å². The van der Waals surface area contributed by atoms with Crippen LogP contribution in [-0.4, -0.2) is 100.0 Å². The van der Waals surface area contributed by atoms with Gasteiger partial charge in [0, 0.05) is 0 Å². The fourth-order valence-electron chi connectivity index (χ4n) is 2.63. The predicted octanol–water partition coefficient (Wildman–Crippen LogP) is -5.50. The zero-order valence-electron chi connectivity index (χ0n) is 12.4. The lowest BCUT2D eigenvalue weighted by atomic mass is 9.95. The lowest BCUT2D eigenvalue weighted by molar-refractivity contribution is -0.335. The summed E-state index contributed by atoms with van der Waals surface area (Å²) in [4.78, 5) is 0. The van der Waals surface area contributed by atoms with E-state index >= 15 is 0 Å². The van der Waals surface area contributed by atoms with Crippen molar-refractivity contribution in [2.24, 2.45) is 17.2 Å². The molecule has 2 aliphatic heterocycles. The molecule has 2 fully saturated rings. The number of ether oxygens (including phenoxy) is 3. The fraction of sp³-hybridized carbons (Fsp3) is 1.00. The molecule has 10 atom stereocenters. The first kappa shape index (κ1) is 18.9. The van der Waals surface area contributed by atoms with Crippen molar-refractivity contribution in [2.75, 3.05) is 13.2 Å². The summed E-state index contributed by atoms with van der Waals surface area (Å²) in [6, 6.07) is -2.99. The normalized spacial score (nSPS) is 51.7. The first-order valence-corrected chi connectivity index (χ1v) is 7.30. The summed E-state index contributed by atoms with van der Waals surface area (Å²) in [5.41, 5.74) is 17.4. The quantitative estimate of drug-likeness (QED) is 0.242. The van der Waals surface area contributed by atoms with Crippen LogP contribution < -0.4 is 17.2 Å². The van der Waals surface area contributed by atoms with Gasteiger partial charge in [-0.3, -0.25) is 0 Å². The standard InChI is InChI=1S/C12H25N3O8/c13-5-6(14)11(21-3(1-16)8(5)18)23-12-7(15)10(20)9(19)4(2-17)22-12/h3-12,16-20H,1-2,13-15H2/t3-,4-,5-,6+,7+,8-,9-,10-,11?,12?/m1/s1. The molecule has 23 heavy (non-hydrogen) atoms. The van der Waals surface area contributed by atoms with Gasteiger partial charge in [-0.05, 0) is 0 Å². The van der Waals surface area contributed by atoms with Crippen molar-refractivity contribution >= 4 is 0 Å². The fourth-order valence-corrected chi connectivity index (χ4v) is 2.63. The molecule has 11 heteroatoms. The van der Waals surface area contributed by atoms with Gasteiger partial charge < -0.3 is 56.9 Å². The van der Waals surface area contributed by atoms with Crippen LogP contribution in [0.2, 0.25) is 0 Å². The summed E-state index contributed by atoms with van der Waals surface area (Å²) in [5, 5.41) is 47.8. The van der Waals surface area contributed by atoms with Crippen LogP contribution in [0.3, 0.4) is 0 Å². The van der Waals surface area contributed by atoms with Gasteiger partial charge in [-0.1, -0.05) is 0 Å². The number of rotatable bonds is 4. The van der Waals surface area contributed by atoms with Gasteiger partial charge in [0.15, 0.2) is 12.6 Å². The third kappa shape index (κ3) is 3.65. The average molecular weight is 339 g/mol. The Bertz CT molecular complexity index is 353. The molecule has 2 unspecified atom stereocenters. The van der Waals surface area contributed by atoms with E-state index in [2.05, 4.69) is 0 Å². The van der Waals surface area contributed by atoms with Crippen LogP contribution in [-0.2, 0) is 14.2 Å². The number of nitrogens with two attached hydrogens (primary N) is 3. The maximum Gasteiger partial charge on any atom is 0.179 e. The van der Waals surface area contributed by atoms with E-state index < -0.39 is 74.4 Å². The van der Waals surface area contributed by atoms with Gasteiger partial charge in [-0.2, -0.15) is 0 Å². The molecule has 0 aromatic carbocycles. The van der Waals surface area contributed by atoms with E-state index in [0.29, 0.717) is 0 Å². The van der Waals surface area contributed by atoms with Crippen LogP contribution in [0.1, 0.15) is 0 Å². The van der Waals surface area contributed by atoms with Crippen LogP contribution in [0.4, 0.5) is 0 Å². The molecule has 0 aromatic heterocycles. The molecule has 0 radical (unpaired) electrons. The second-order valence-electron chi connectivity index (χ2n) is 5.79. The molecule has 0 saturated carbocycles. The summed E-state index contributed by atoms with van der Waals surface area (Å²) in [6.07, 6.45) is -8.43. The molecular formula is C12H25N3O8. The SMILES string of the molecule is N[C@H]1[C@H](O)[C@@H](CO)OC(OC2O[C@H](CO)[C@@H](O)[C@H](O)[C@@H]2N)[C@H]1N. The number of aliphatic hydroxyl groups excluding tert-OH is 5. The monoisotopic (exact) mass is 339 g/mol. The molecule has 0 aliphatic carbocycles. The highest BCUT2D eigenvalue weighted by atomic mass is 16.8. The summed E-state index contributed by atoms with van der Waals surface area (Å²) < 4.78 is 16.1. The second-order valence-corrected chi connectivity index (χ2v) is 5.79. The van der Waals surface area contributed by atoms with Crippen molar-refractivity contribution in [1.29, 1.82) is 0 Å². The zero-order chi connectivity index (χ0) is 17.3. The molecule has 2 saturated heterocycles. The topological polar surface area (TPSA) is 207 Å². The third-order valence-corrected chi connectivity index (χ3v) is 4.22. The number of hydrogen-bond acceptors (Lipinski definition) is 11. The third-order valence-electron chi connectivity index (χ3n) is 4.22. The highest BCUT2D eigenvalue weighted by Crippen LogP contribution is 2.26. The zero-order valence-corrected chi connectivity index (χ0v) is 12.4. The maximum absolute atomic E-state index is 9.88. The molecule has 2 rings (SSSR count). The molecule has 0 aromatic rings. The van der Waals surface area contributed by atoms with E-state index in [-0.39, 0.29) is 0 Å². The summed E-state index contributed by atoms with van der Waals surface area (Å²) in [6.45, 7) is -1.06. The largest absolute Gasteiger partial charge is 0.394 e. The second kappa shape index (κ2) is 7.63. The lowest BCUT2D eigenvalue weighted by Crippen LogP contribution is -2.68. The van der Waals surface area contributed by atoms with Gasteiger partial charge in [0.2, 0.25) is 0 Å². The summed E-state index contributed by atoms with van der Waals surface area (Å²) in [7, 11) is 0. The average Bonchev–Trinajstić information content (AvgIpc) is 2.55. The minimum Gasteiger partial charge on any atom is -0.394 e. The molecule has 136 valence electrons. The Kier molecular flexibility index (Phi) is 6.27. The van der Waals surface area contributed by atoms with Crippen LogP contribution in [0.15, 0.2) is 0 Å². The first-order chi connectivity index (χ1) is 10.8. The van der Waals surface area contributed by atoms with Gasteiger partial charge in [0.25, 0.3) is 0 Å². The van der Waals surface area contributed by atoms with Crippen molar-refractivity contribution in [3.63, 3.8) is 0 Å². The molecule has 0 spiro atoms. The van der Waals surface area contributed by atoms with E-state index in [9.17, 15) is 20.4 Å². The Morgan fingerprint density at radius 1 is 0.696 bits per heavy atom. The van der Waals surface area contributed by atoms with Crippen LogP contribution in [0.5, 0.6) is 0 Å². The van der Waals surface area contributed by atoms with Gasteiger partial charge >= 0.3 is 0 Å². The number of hydrogen-bond donors (Lipinski definition) is 8. The minimum atomic E-state index is -1.39. The van der Waals surface area contributed by atoms with E-state index in [0.717, 1.165) is 0 Å². The molecule has 2 aliphatic rings. The Labute approximate surface area is 132 Å². The van der Waals surface area contributed by atoms with Crippen molar-refractivity contribution < 1.29 is 39.7 Å². The van der Waals surface area contributed by atoms with Gasteiger partial charge in [0.1, 0.15) is 24.4 Å². The Balaban J connectivity index is 2.07. The highest BCUT2D eigenvalue weighted by Gasteiger charge is 2.47. The van der Waals surface area contributed by atoms with E-state index in [1.54, 1.807) is 0 Å². The van der Waals surface area contributed by atoms with Gasteiger partial charge in [-0.15, -0.1) is 0 Å². The molecule has 0 amide bonds. The minimum absolute atomic E-state index is 0.500. The van der Waals surface area contributed by atoms with Crippen molar-refractivity contribution in [2.45, 2.75) is 61.2 Å². The van der Waals surface area contributed by atoms with Gasteiger partial charge in [0.05, 0.1) is 37.4 Å². The molecule has 11 N–H and O–H groups in total. The Hall–Kier alpha value is -0.440. The van der Waals surface area contributed by atoms with Crippen LogP contribution >= 0.6 is 0 Å². The van der Waals surface area contributed by atoms with E-state index in [4.69, 9.17) is 36.5 Å². The van der Waals surface area contributed by atoms with Crippen molar-refractivity contribution in [3.05, 3.63) is 0 Å². The van der Waals surface area contributed by atoms with E-state index in [1.165, 1.54) is 0 Å². The molecule has 0 bridgehead atoms. The lowest BCUT2D eigenvalue weighted by Gasteiger charge is -2.45. The highest BCUT2D eigenvalue weighted by molar-refractivity contribution is 4.96. The summed E-state index contributed by atoms with van der Waals surface area (Å²) >= 11 is 0. The first-order valence-electron chi connectivity index (χ1n) is 7.30. The molecule has 2 heterocycles. The van der Waals surface area contributed by atoms with Crippen LogP contribution in [0, 0.1) is 0 Å². The van der Waals surface area contributed by atoms with Crippen molar-refractivity contribution in [1.82, 2.24) is 0 Å².